The number of carbonyl (C=O) groups is 2. The van der Waals surface area contributed by atoms with Gasteiger partial charge in [-0.15, -0.1) is 0 Å². The van der Waals surface area contributed by atoms with E-state index in [1.54, 1.807) is 11.0 Å². The zero-order valence-electron chi connectivity index (χ0n) is 25.0. The smallest absolute Gasteiger partial charge is 0.255 e. The highest BCUT2D eigenvalue weighted by atomic mass is 16.2. The Morgan fingerprint density at radius 1 is 1.07 bits per heavy atom. The number of allylic oxidation sites excluding steroid dienone is 4. The molecule has 1 heterocycles. The van der Waals surface area contributed by atoms with Crippen LogP contribution >= 0.6 is 0 Å². The molecule has 0 aliphatic heterocycles. The van der Waals surface area contributed by atoms with Crippen molar-refractivity contribution in [2.75, 3.05) is 7.05 Å². The highest BCUT2D eigenvalue weighted by Crippen LogP contribution is 2.32. The minimum atomic E-state index is -0.0349. The van der Waals surface area contributed by atoms with E-state index in [0.29, 0.717) is 17.1 Å². The third kappa shape index (κ3) is 7.01. The van der Waals surface area contributed by atoms with Crippen LogP contribution in [0.1, 0.15) is 82.1 Å². The Labute approximate surface area is 240 Å². The Morgan fingerprint density at radius 2 is 1.73 bits per heavy atom. The molecule has 1 aliphatic carbocycles. The van der Waals surface area contributed by atoms with E-state index in [-0.39, 0.29) is 23.9 Å². The molecule has 0 radical (unpaired) electrons. The van der Waals surface area contributed by atoms with Gasteiger partial charge in [0, 0.05) is 41.5 Å². The van der Waals surface area contributed by atoms with Gasteiger partial charge in [-0.2, -0.15) is 0 Å². The van der Waals surface area contributed by atoms with Crippen molar-refractivity contribution >= 4 is 29.7 Å². The molecular weight excluding hydrogens is 494 g/mol. The Hall–Kier alpha value is -3.86. The van der Waals surface area contributed by atoms with Gasteiger partial charge >= 0.3 is 0 Å². The zero-order chi connectivity index (χ0) is 29.4. The van der Waals surface area contributed by atoms with Crippen molar-refractivity contribution in [3.05, 3.63) is 101 Å². The van der Waals surface area contributed by atoms with Crippen LogP contribution in [0.4, 0.5) is 0 Å². The lowest BCUT2D eigenvalue weighted by molar-refractivity contribution is -0.126. The van der Waals surface area contributed by atoms with Gasteiger partial charge in [-0.1, -0.05) is 55.2 Å². The molecule has 40 heavy (non-hydrogen) atoms. The minimum Gasteiger partial charge on any atom is -0.349 e. The van der Waals surface area contributed by atoms with Gasteiger partial charge < -0.3 is 14.8 Å². The molecule has 212 valence electrons. The van der Waals surface area contributed by atoms with Crippen molar-refractivity contribution in [3.8, 4) is 0 Å². The summed E-state index contributed by atoms with van der Waals surface area (Å²) in [5.41, 5.74) is 4.36. The SMILES string of the molecule is C=C/C=c1/c(C2CCC(NC(=O)c3ccccc3)CC2)cn(/C(C=C)=C(/C=C(C)C)C(=O)N(C)C(C)C)/c1=C/C. The van der Waals surface area contributed by atoms with Gasteiger partial charge in [-0.3, -0.25) is 9.59 Å². The summed E-state index contributed by atoms with van der Waals surface area (Å²) < 4.78 is 2.11. The fourth-order valence-electron chi connectivity index (χ4n) is 5.38. The molecular formula is C35H45N3O2. The van der Waals surface area contributed by atoms with Crippen LogP contribution < -0.4 is 15.9 Å². The summed E-state index contributed by atoms with van der Waals surface area (Å²) in [7, 11) is 1.84. The first-order valence-corrected chi connectivity index (χ1v) is 14.3. The van der Waals surface area contributed by atoms with Crippen LogP contribution in [-0.4, -0.2) is 40.4 Å². The van der Waals surface area contributed by atoms with Crippen LogP contribution in [0, 0.1) is 0 Å². The fourth-order valence-corrected chi connectivity index (χ4v) is 5.38. The van der Waals surface area contributed by atoms with Crippen LogP contribution in [-0.2, 0) is 4.79 Å². The van der Waals surface area contributed by atoms with Gasteiger partial charge in [-0.25, -0.2) is 0 Å². The van der Waals surface area contributed by atoms with Gasteiger partial charge in [0.2, 0.25) is 0 Å². The molecule has 5 heteroatoms. The van der Waals surface area contributed by atoms with E-state index in [1.807, 2.05) is 84.2 Å². The second-order valence-corrected chi connectivity index (χ2v) is 11.1. The second kappa shape index (κ2) is 14.0. The molecule has 2 amide bonds. The van der Waals surface area contributed by atoms with E-state index < -0.39 is 0 Å². The summed E-state index contributed by atoms with van der Waals surface area (Å²) in [6.45, 7) is 18.2. The van der Waals surface area contributed by atoms with Gasteiger partial charge in [0.15, 0.2) is 0 Å². The predicted octanol–water partition coefficient (Wildman–Crippen LogP) is 5.94. The van der Waals surface area contributed by atoms with Gasteiger partial charge in [0.25, 0.3) is 11.8 Å². The Morgan fingerprint density at radius 3 is 2.25 bits per heavy atom. The molecule has 0 saturated heterocycles. The van der Waals surface area contributed by atoms with E-state index in [2.05, 4.69) is 41.4 Å². The molecule has 1 fully saturated rings. The number of amides is 2. The van der Waals surface area contributed by atoms with Crippen molar-refractivity contribution in [1.82, 2.24) is 14.8 Å². The van der Waals surface area contributed by atoms with Crippen LogP contribution in [0.2, 0.25) is 0 Å². The number of rotatable bonds is 9. The van der Waals surface area contributed by atoms with E-state index in [0.717, 1.165) is 47.5 Å². The van der Waals surface area contributed by atoms with E-state index in [1.165, 1.54) is 5.56 Å². The number of aromatic nitrogens is 1. The van der Waals surface area contributed by atoms with Crippen molar-refractivity contribution < 1.29 is 9.59 Å². The van der Waals surface area contributed by atoms with Crippen LogP contribution in [0.25, 0.3) is 17.8 Å². The lowest BCUT2D eigenvalue weighted by Gasteiger charge is -2.29. The summed E-state index contributed by atoms with van der Waals surface area (Å²) in [4.78, 5) is 28.1. The molecule has 1 aliphatic rings. The molecule has 1 aromatic carbocycles. The summed E-state index contributed by atoms with van der Waals surface area (Å²) in [5.74, 6) is 0.290. The summed E-state index contributed by atoms with van der Waals surface area (Å²) in [6, 6.07) is 9.62. The predicted molar refractivity (Wildman–Crippen MR) is 168 cm³/mol. The largest absolute Gasteiger partial charge is 0.349 e. The molecule has 1 aromatic heterocycles. The number of carbonyl (C=O) groups excluding carboxylic acids is 2. The van der Waals surface area contributed by atoms with Crippen LogP contribution in [0.5, 0.6) is 0 Å². The molecule has 1 saturated carbocycles. The minimum absolute atomic E-state index is 0.0117. The Bertz CT molecular complexity index is 1410. The van der Waals surface area contributed by atoms with Crippen molar-refractivity contribution in [1.29, 1.82) is 0 Å². The maximum absolute atomic E-state index is 13.6. The quantitative estimate of drug-likeness (QED) is 0.317. The molecule has 2 aromatic rings. The molecule has 0 unspecified atom stereocenters. The number of hydrogen-bond acceptors (Lipinski definition) is 2. The van der Waals surface area contributed by atoms with Crippen LogP contribution in [0.15, 0.2) is 79.1 Å². The number of likely N-dealkylation sites (N-methyl/N-ethyl adjacent to an activating group) is 1. The molecule has 1 N–H and O–H groups in total. The number of hydrogen-bond donors (Lipinski definition) is 1. The lowest BCUT2D eigenvalue weighted by atomic mass is 9.82. The average molecular weight is 540 g/mol. The fraction of sp³-hybridized carbons (Fsp3) is 0.371. The maximum atomic E-state index is 13.6. The molecule has 5 nitrogen and oxygen atoms in total. The second-order valence-electron chi connectivity index (χ2n) is 11.1. The van der Waals surface area contributed by atoms with Crippen molar-refractivity contribution in [2.24, 2.45) is 0 Å². The van der Waals surface area contributed by atoms with Crippen molar-refractivity contribution in [2.45, 2.75) is 78.3 Å². The van der Waals surface area contributed by atoms with Crippen LogP contribution in [0.3, 0.4) is 0 Å². The summed E-state index contributed by atoms with van der Waals surface area (Å²) in [6.07, 6.45) is 15.7. The third-order valence-electron chi connectivity index (χ3n) is 7.70. The van der Waals surface area contributed by atoms with Crippen molar-refractivity contribution in [3.63, 3.8) is 0 Å². The monoisotopic (exact) mass is 539 g/mol. The number of benzene rings is 1. The maximum Gasteiger partial charge on any atom is 0.255 e. The van der Waals surface area contributed by atoms with E-state index >= 15 is 0 Å². The molecule has 0 atom stereocenters. The van der Waals surface area contributed by atoms with Gasteiger partial charge in [0.05, 0.1) is 11.3 Å². The standard InChI is InChI=1S/C35H45N3O2/c1-9-15-29-31(26-18-20-28(21-19-26)36-34(39)27-16-13-12-14-17-27)23-38(32(29)10-2)33(11-3)30(22-24(4)5)35(40)37(8)25(6)7/h9-17,22-23,25-26,28H,1,3,18-21H2,2,4-8H3,(H,36,39)/b29-15-,32-10+,33-30-. The third-order valence-corrected chi connectivity index (χ3v) is 7.70. The first-order chi connectivity index (χ1) is 19.1. The van der Waals surface area contributed by atoms with E-state index in [4.69, 9.17) is 0 Å². The summed E-state index contributed by atoms with van der Waals surface area (Å²) >= 11 is 0. The molecule has 0 spiro atoms. The number of nitrogens with zero attached hydrogens (tertiary/aromatic N) is 2. The average Bonchev–Trinajstić information content (AvgIpc) is 3.30. The van der Waals surface area contributed by atoms with E-state index in [9.17, 15) is 9.59 Å². The highest BCUT2D eigenvalue weighted by molar-refractivity contribution is 6.03. The summed E-state index contributed by atoms with van der Waals surface area (Å²) in [5, 5.41) is 5.36. The van der Waals surface area contributed by atoms with Gasteiger partial charge in [-0.05, 0) is 96.1 Å². The highest BCUT2D eigenvalue weighted by Gasteiger charge is 2.27. The first-order valence-electron chi connectivity index (χ1n) is 14.3. The lowest BCUT2D eigenvalue weighted by Crippen LogP contribution is -2.38. The molecule has 3 rings (SSSR count). The first kappa shape index (κ1) is 30.7. The normalized spacial score (nSPS) is 18.7. The Kier molecular flexibility index (Phi) is 10.7. The topological polar surface area (TPSA) is 54.3 Å². The zero-order valence-corrected chi connectivity index (χ0v) is 25.0. The Balaban J connectivity index is 2.02. The van der Waals surface area contributed by atoms with Gasteiger partial charge in [0.1, 0.15) is 0 Å². The molecule has 0 bridgehead atoms. The number of nitrogens with one attached hydrogen (secondary N) is 1.